The fourth-order valence-corrected chi connectivity index (χ4v) is 2.91. The minimum Gasteiger partial charge on any atom is -0.347 e. The Morgan fingerprint density at radius 2 is 2.08 bits per heavy atom. The summed E-state index contributed by atoms with van der Waals surface area (Å²) in [6.45, 7) is 1.84. The molecule has 0 fully saturated rings. The van der Waals surface area contributed by atoms with E-state index < -0.39 is 0 Å². The van der Waals surface area contributed by atoms with Gasteiger partial charge in [-0.1, -0.05) is 0 Å². The molecule has 0 saturated heterocycles. The average Bonchev–Trinajstić information content (AvgIpc) is 2.95. The van der Waals surface area contributed by atoms with Crippen LogP contribution < -0.4 is 10.6 Å². The molecule has 1 aromatic heterocycles. The lowest BCUT2D eigenvalue weighted by Crippen LogP contribution is -2.38. The van der Waals surface area contributed by atoms with Crippen LogP contribution in [0.5, 0.6) is 0 Å². The number of anilines is 1. The highest BCUT2D eigenvalue weighted by Crippen LogP contribution is 2.26. The normalized spacial score (nSPS) is 16.3. The van der Waals surface area contributed by atoms with Crippen LogP contribution in [0.2, 0.25) is 0 Å². The molecule has 0 radical (unpaired) electrons. The van der Waals surface area contributed by atoms with E-state index in [0.717, 1.165) is 29.8 Å². The molecule has 2 amide bonds. The number of aryl methyl sites for hydroxylation is 2. The standard InChI is InChI=1S/C17H19FN4O2/c1-10-14-8-11(2-7-15(14)22-21-10)17(24)19-9-16(23)20-13-5-3-12(18)4-6-13/h3-6,11H,2,7-9H2,1H3,(H,19,24)(H,20,23)(H,21,22). The molecule has 7 heteroatoms. The van der Waals surface area contributed by atoms with Crippen LogP contribution in [0.4, 0.5) is 10.1 Å². The first-order valence-electron chi connectivity index (χ1n) is 7.89. The molecule has 0 aliphatic heterocycles. The van der Waals surface area contributed by atoms with Crippen molar-refractivity contribution in [2.75, 3.05) is 11.9 Å². The van der Waals surface area contributed by atoms with Crippen molar-refractivity contribution < 1.29 is 14.0 Å². The summed E-state index contributed by atoms with van der Waals surface area (Å²) in [6.07, 6.45) is 2.13. The minimum absolute atomic E-state index is 0.107. The van der Waals surface area contributed by atoms with E-state index in [0.29, 0.717) is 12.1 Å². The number of hydrogen-bond acceptors (Lipinski definition) is 3. The van der Waals surface area contributed by atoms with Crippen molar-refractivity contribution in [1.82, 2.24) is 15.5 Å². The smallest absolute Gasteiger partial charge is 0.243 e. The maximum atomic E-state index is 12.8. The summed E-state index contributed by atoms with van der Waals surface area (Å²) >= 11 is 0. The summed E-state index contributed by atoms with van der Waals surface area (Å²) in [6, 6.07) is 5.47. The number of halogens is 1. The van der Waals surface area contributed by atoms with E-state index in [-0.39, 0.29) is 30.1 Å². The van der Waals surface area contributed by atoms with E-state index >= 15 is 0 Å². The largest absolute Gasteiger partial charge is 0.347 e. The predicted octanol–water partition coefficient (Wildman–Crippen LogP) is 1.72. The zero-order chi connectivity index (χ0) is 17.1. The second-order valence-corrected chi connectivity index (χ2v) is 5.99. The second kappa shape index (κ2) is 6.82. The number of nitrogens with zero attached hydrogens (tertiary/aromatic N) is 1. The van der Waals surface area contributed by atoms with Crippen molar-refractivity contribution in [3.63, 3.8) is 0 Å². The van der Waals surface area contributed by atoms with Crippen LogP contribution in [-0.2, 0) is 22.4 Å². The molecule has 1 heterocycles. The summed E-state index contributed by atoms with van der Waals surface area (Å²) < 4.78 is 12.8. The summed E-state index contributed by atoms with van der Waals surface area (Å²) in [7, 11) is 0. The van der Waals surface area contributed by atoms with Crippen LogP contribution in [0.1, 0.15) is 23.4 Å². The van der Waals surface area contributed by atoms with E-state index in [1.807, 2.05) is 6.92 Å². The van der Waals surface area contributed by atoms with E-state index in [1.165, 1.54) is 24.3 Å². The first-order valence-corrected chi connectivity index (χ1v) is 7.89. The summed E-state index contributed by atoms with van der Waals surface area (Å²) in [4.78, 5) is 24.1. The van der Waals surface area contributed by atoms with Crippen LogP contribution in [0.25, 0.3) is 0 Å². The number of amides is 2. The Kier molecular flexibility index (Phi) is 4.59. The molecule has 1 aliphatic carbocycles. The van der Waals surface area contributed by atoms with Crippen molar-refractivity contribution in [3.8, 4) is 0 Å². The molecular formula is C17H19FN4O2. The lowest BCUT2D eigenvalue weighted by atomic mass is 9.86. The number of aromatic nitrogens is 2. The third-order valence-electron chi connectivity index (χ3n) is 4.26. The van der Waals surface area contributed by atoms with Gasteiger partial charge >= 0.3 is 0 Å². The first-order chi connectivity index (χ1) is 11.5. The van der Waals surface area contributed by atoms with E-state index in [9.17, 15) is 14.0 Å². The average molecular weight is 330 g/mol. The fraction of sp³-hybridized carbons (Fsp3) is 0.353. The molecule has 0 spiro atoms. The van der Waals surface area contributed by atoms with Crippen LogP contribution >= 0.6 is 0 Å². The van der Waals surface area contributed by atoms with Crippen LogP contribution in [-0.4, -0.2) is 28.6 Å². The third kappa shape index (κ3) is 3.61. The van der Waals surface area contributed by atoms with Gasteiger partial charge in [0, 0.05) is 17.3 Å². The maximum Gasteiger partial charge on any atom is 0.243 e. The number of fused-ring (bicyclic) bond motifs is 1. The molecule has 0 saturated carbocycles. The zero-order valence-electron chi connectivity index (χ0n) is 13.4. The van der Waals surface area contributed by atoms with Crippen molar-refractivity contribution in [2.45, 2.75) is 26.2 Å². The predicted molar refractivity (Wildman–Crippen MR) is 86.9 cm³/mol. The van der Waals surface area contributed by atoms with Gasteiger partial charge < -0.3 is 10.6 Å². The van der Waals surface area contributed by atoms with Gasteiger partial charge in [0.15, 0.2) is 0 Å². The highest BCUT2D eigenvalue weighted by atomic mass is 19.1. The second-order valence-electron chi connectivity index (χ2n) is 5.99. The van der Waals surface area contributed by atoms with E-state index in [2.05, 4.69) is 20.8 Å². The monoisotopic (exact) mass is 330 g/mol. The molecular weight excluding hydrogens is 311 g/mol. The number of benzene rings is 1. The van der Waals surface area contributed by atoms with Gasteiger partial charge in [-0.05, 0) is 56.0 Å². The van der Waals surface area contributed by atoms with E-state index in [4.69, 9.17) is 0 Å². The number of nitrogens with one attached hydrogen (secondary N) is 3. The summed E-state index contributed by atoms with van der Waals surface area (Å²) in [5.41, 5.74) is 3.63. The minimum atomic E-state index is -0.368. The van der Waals surface area contributed by atoms with Crippen molar-refractivity contribution in [1.29, 1.82) is 0 Å². The van der Waals surface area contributed by atoms with Crippen molar-refractivity contribution in [3.05, 3.63) is 47.0 Å². The molecule has 6 nitrogen and oxygen atoms in total. The number of aromatic amines is 1. The Balaban J connectivity index is 1.50. The van der Waals surface area contributed by atoms with Gasteiger partial charge in [0.2, 0.25) is 11.8 Å². The number of rotatable bonds is 4. The number of carbonyl (C=O) groups is 2. The molecule has 0 bridgehead atoms. The number of H-pyrrole nitrogens is 1. The Morgan fingerprint density at radius 1 is 1.33 bits per heavy atom. The lowest BCUT2D eigenvalue weighted by molar-refractivity contribution is -0.127. The maximum absolute atomic E-state index is 12.8. The molecule has 1 aliphatic rings. The molecule has 3 N–H and O–H groups in total. The van der Waals surface area contributed by atoms with Gasteiger partial charge in [-0.25, -0.2) is 4.39 Å². The topological polar surface area (TPSA) is 86.9 Å². The van der Waals surface area contributed by atoms with Gasteiger partial charge in [0.25, 0.3) is 0 Å². The van der Waals surface area contributed by atoms with Gasteiger partial charge in [-0.3, -0.25) is 14.7 Å². The highest BCUT2D eigenvalue weighted by molar-refractivity contribution is 5.94. The number of carbonyl (C=O) groups excluding carboxylic acids is 2. The van der Waals surface area contributed by atoms with Gasteiger partial charge in [0.1, 0.15) is 5.82 Å². The Morgan fingerprint density at radius 3 is 2.83 bits per heavy atom. The molecule has 1 aromatic carbocycles. The van der Waals surface area contributed by atoms with Crippen LogP contribution in [0.3, 0.4) is 0 Å². The van der Waals surface area contributed by atoms with Crippen molar-refractivity contribution in [2.24, 2.45) is 5.92 Å². The highest BCUT2D eigenvalue weighted by Gasteiger charge is 2.27. The Labute approximate surface area is 138 Å². The number of hydrogen-bond donors (Lipinski definition) is 3. The zero-order valence-corrected chi connectivity index (χ0v) is 13.4. The molecule has 1 atom stereocenters. The summed E-state index contributed by atoms with van der Waals surface area (Å²) in [5, 5.41) is 12.5. The van der Waals surface area contributed by atoms with Crippen LogP contribution in [0, 0.1) is 18.7 Å². The van der Waals surface area contributed by atoms with Crippen molar-refractivity contribution >= 4 is 17.5 Å². The van der Waals surface area contributed by atoms with Crippen LogP contribution in [0.15, 0.2) is 24.3 Å². The quantitative estimate of drug-likeness (QED) is 0.798. The van der Waals surface area contributed by atoms with Gasteiger partial charge in [-0.15, -0.1) is 0 Å². The Bertz CT molecular complexity index is 754. The lowest BCUT2D eigenvalue weighted by Gasteiger charge is -2.21. The van der Waals surface area contributed by atoms with Gasteiger partial charge in [0.05, 0.1) is 12.2 Å². The SMILES string of the molecule is Cc1[nH]nc2c1CC(C(=O)NCC(=O)Nc1ccc(F)cc1)CC2. The molecule has 3 rings (SSSR count). The molecule has 24 heavy (non-hydrogen) atoms. The summed E-state index contributed by atoms with van der Waals surface area (Å²) in [5.74, 6) is -0.985. The Hall–Kier alpha value is -2.70. The molecule has 2 aromatic rings. The third-order valence-corrected chi connectivity index (χ3v) is 4.26. The van der Waals surface area contributed by atoms with E-state index in [1.54, 1.807) is 0 Å². The first kappa shape index (κ1) is 16.2. The molecule has 126 valence electrons. The molecule has 1 unspecified atom stereocenters. The fourth-order valence-electron chi connectivity index (χ4n) is 2.91. The van der Waals surface area contributed by atoms with Gasteiger partial charge in [-0.2, -0.15) is 5.10 Å².